The van der Waals surface area contributed by atoms with Crippen LogP contribution in [0.1, 0.15) is 35.6 Å². The Morgan fingerprint density at radius 2 is 1.49 bits per heavy atom. The molecule has 0 aromatic heterocycles. The van der Waals surface area contributed by atoms with Crippen LogP contribution in [0, 0.1) is 17.8 Å². The molecular weight excluding hydrogens is 607 g/mol. The van der Waals surface area contributed by atoms with Gasteiger partial charge in [-0.25, -0.2) is 4.90 Å². The number of hydrogen-bond acceptors (Lipinski definition) is 6. The SMILES string of the molecule is O=C1[C@H]2[C@H](CC(COc3ccccc3)=C3B(O)O[C@H](c4ccc(O)cc4)C[C@H]32)C(=O)N1c1cc(C(F)(F)F)cc(C(F)(F)F)c1. The molecule has 3 aromatic rings. The molecule has 0 spiro atoms. The predicted octanol–water partition coefficient (Wildman–Crippen LogP) is 6.11. The van der Waals surface area contributed by atoms with Crippen LogP contribution in [-0.4, -0.2) is 35.7 Å². The maximum atomic E-state index is 13.9. The smallest absolute Gasteiger partial charge is 0.487 e. The van der Waals surface area contributed by atoms with Crippen LogP contribution in [-0.2, 0) is 26.6 Å². The standard InChI is InChI=1S/C31H24BF6NO6/c33-30(34,35)18-11-19(31(36,37)38)13-20(12-18)39-28(41)24-10-17(15-44-22-4-2-1-3-5-22)27-23(26(24)29(39)42)14-25(45-32(27)43)16-6-8-21(40)9-7-16/h1-9,11-13,23-26,40,43H,10,14-15H2/t23-,24-,25-,26+/m0/s1. The van der Waals surface area contributed by atoms with Crippen LogP contribution in [0.5, 0.6) is 11.5 Å². The van der Waals surface area contributed by atoms with Crippen molar-refractivity contribution in [2.75, 3.05) is 11.5 Å². The van der Waals surface area contributed by atoms with E-state index in [2.05, 4.69) is 0 Å². The van der Waals surface area contributed by atoms with Crippen LogP contribution in [0.15, 0.2) is 83.8 Å². The third-order valence-electron chi connectivity index (χ3n) is 8.46. The number of carbonyl (C=O) groups excluding carboxylic acids is 2. The van der Waals surface area contributed by atoms with Crippen molar-refractivity contribution in [1.29, 1.82) is 0 Å². The van der Waals surface area contributed by atoms with Gasteiger partial charge in [-0.15, -0.1) is 0 Å². The maximum absolute atomic E-state index is 13.9. The zero-order chi connectivity index (χ0) is 32.3. The minimum absolute atomic E-state index is 0.0275. The number of alkyl halides is 6. The predicted molar refractivity (Wildman–Crippen MR) is 148 cm³/mol. The summed E-state index contributed by atoms with van der Waals surface area (Å²) in [5.74, 6) is -4.69. The molecule has 2 heterocycles. The Morgan fingerprint density at radius 1 is 0.867 bits per heavy atom. The van der Waals surface area contributed by atoms with E-state index in [-0.39, 0.29) is 36.7 Å². The van der Waals surface area contributed by atoms with E-state index in [1.54, 1.807) is 42.5 Å². The van der Waals surface area contributed by atoms with Gasteiger partial charge in [-0.3, -0.25) is 9.59 Å². The monoisotopic (exact) mass is 631 g/mol. The molecule has 7 nitrogen and oxygen atoms in total. The van der Waals surface area contributed by atoms with E-state index >= 15 is 0 Å². The van der Waals surface area contributed by atoms with Crippen molar-refractivity contribution < 1.29 is 55.5 Å². The Kier molecular flexibility index (Phi) is 7.68. The summed E-state index contributed by atoms with van der Waals surface area (Å²) in [7, 11) is -1.56. The highest BCUT2D eigenvalue weighted by Crippen LogP contribution is 2.52. The molecule has 6 rings (SSSR count). The van der Waals surface area contributed by atoms with Gasteiger partial charge < -0.3 is 19.5 Å². The summed E-state index contributed by atoms with van der Waals surface area (Å²) >= 11 is 0. The van der Waals surface area contributed by atoms with Crippen LogP contribution < -0.4 is 9.64 Å². The Labute approximate surface area is 252 Å². The maximum Gasteiger partial charge on any atom is 0.487 e. The minimum Gasteiger partial charge on any atom is -0.508 e. The number of halogens is 6. The second kappa shape index (κ2) is 11.3. The molecule has 4 atom stereocenters. The highest BCUT2D eigenvalue weighted by Gasteiger charge is 2.58. The number of carbonyl (C=O) groups is 2. The van der Waals surface area contributed by atoms with Gasteiger partial charge in [0.1, 0.15) is 18.1 Å². The van der Waals surface area contributed by atoms with Crippen molar-refractivity contribution in [3.63, 3.8) is 0 Å². The molecule has 0 bridgehead atoms. The summed E-state index contributed by atoms with van der Waals surface area (Å²) in [6.45, 7) is -0.118. The molecular formula is C31H24BF6NO6. The molecule has 2 amide bonds. The number of aromatic hydroxyl groups is 1. The molecule has 45 heavy (non-hydrogen) atoms. The number of ether oxygens (including phenoxy) is 1. The molecule has 2 aliphatic heterocycles. The van der Waals surface area contributed by atoms with Gasteiger partial charge in [0.15, 0.2) is 0 Å². The molecule has 234 valence electrons. The third-order valence-corrected chi connectivity index (χ3v) is 8.46. The number of benzene rings is 3. The first-order valence-electron chi connectivity index (χ1n) is 13.9. The first-order chi connectivity index (χ1) is 21.2. The van der Waals surface area contributed by atoms with Crippen molar-refractivity contribution in [3.05, 3.63) is 101 Å². The Bertz CT molecular complexity index is 1630. The first kappa shape index (κ1) is 30.7. The second-order valence-electron chi connectivity index (χ2n) is 11.2. The summed E-state index contributed by atoms with van der Waals surface area (Å²) in [6.07, 6.45) is -11.3. The zero-order valence-corrected chi connectivity index (χ0v) is 23.2. The number of allylic oxidation sites excluding steroid dienone is 1. The normalized spacial score (nSPS) is 23.7. The van der Waals surface area contributed by atoms with Gasteiger partial charge in [0, 0.05) is 0 Å². The lowest BCUT2D eigenvalue weighted by Crippen LogP contribution is -2.45. The molecule has 0 radical (unpaired) electrons. The Morgan fingerprint density at radius 3 is 2.09 bits per heavy atom. The van der Waals surface area contributed by atoms with Crippen molar-refractivity contribution in [3.8, 4) is 11.5 Å². The number of nitrogens with zero attached hydrogens (tertiary/aromatic N) is 1. The van der Waals surface area contributed by atoms with Crippen LogP contribution in [0.25, 0.3) is 0 Å². The van der Waals surface area contributed by atoms with Crippen molar-refractivity contribution in [2.24, 2.45) is 17.8 Å². The summed E-state index contributed by atoms with van der Waals surface area (Å²) in [6, 6.07) is 15.1. The topological polar surface area (TPSA) is 96.3 Å². The number of anilines is 1. The zero-order valence-electron chi connectivity index (χ0n) is 23.2. The molecule has 0 unspecified atom stereocenters. The number of hydrogen-bond donors (Lipinski definition) is 2. The molecule has 2 saturated heterocycles. The molecule has 14 heteroatoms. The third kappa shape index (κ3) is 5.79. The summed E-state index contributed by atoms with van der Waals surface area (Å²) < 4.78 is 93.7. The van der Waals surface area contributed by atoms with Gasteiger partial charge in [-0.1, -0.05) is 30.3 Å². The lowest BCUT2D eigenvalue weighted by Gasteiger charge is -2.42. The Hall–Kier alpha value is -4.30. The lowest BCUT2D eigenvalue weighted by molar-refractivity contribution is -0.143. The van der Waals surface area contributed by atoms with E-state index in [0.717, 1.165) is 0 Å². The average Bonchev–Trinajstić information content (AvgIpc) is 3.24. The number of rotatable bonds is 5. The van der Waals surface area contributed by atoms with Gasteiger partial charge >= 0.3 is 19.5 Å². The molecule has 2 fully saturated rings. The van der Waals surface area contributed by atoms with Crippen molar-refractivity contribution in [2.45, 2.75) is 31.3 Å². The number of para-hydroxylation sites is 1. The fourth-order valence-electron chi connectivity index (χ4n) is 6.46. The van der Waals surface area contributed by atoms with Gasteiger partial charge in [-0.05, 0) is 77.8 Å². The minimum atomic E-state index is -5.19. The molecule has 1 aliphatic carbocycles. The fraction of sp³-hybridized carbons (Fsp3) is 0.290. The summed E-state index contributed by atoms with van der Waals surface area (Å²) in [4.78, 5) is 28.1. The average molecular weight is 631 g/mol. The van der Waals surface area contributed by atoms with Gasteiger partial charge in [-0.2, -0.15) is 26.3 Å². The molecule has 3 aromatic carbocycles. The van der Waals surface area contributed by atoms with Crippen molar-refractivity contribution in [1.82, 2.24) is 0 Å². The van der Waals surface area contributed by atoms with Crippen LogP contribution in [0.4, 0.5) is 32.0 Å². The number of phenolic OH excluding ortho intramolecular Hbond substituents is 1. The second-order valence-corrected chi connectivity index (χ2v) is 11.2. The largest absolute Gasteiger partial charge is 0.508 e. The molecule has 2 N–H and O–H groups in total. The summed E-state index contributed by atoms with van der Waals surface area (Å²) in [5.41, 5.74) is -2.90. The molecule has 3 aliphatic rings. The van der Waals surface area contributed by atoms with Gasteiger partial charge in [0.05, 0.1) is 34.8 Å². The lowest BCUT2D eigenvalue weighted by atomic mass is 9.55. The van der Waals surface area contributed by atoms with Gasteiger partial charge in [0.25, 0.3) is 0 Å². The quantitative estimate of drug-likeness (QED) is 0.201. The highest BCUT2D eigenvalue weighted by atomic mass is 19.4. The first-order valence-corrected chi connectivity index (χ1v) is 13.9. The number of imide groups is 1. The Balaban J connectivity index is 1.41. The van der Waals surface area contributed by atoms with E-state index in [4.69, 9.17) is 9.39 Å². The van der Waals surface area contributed by atoms with Crippen LogP contribution >= 0.6 is 0 Å². The number of phenols is 1. The van der Waals surface area contributed by atoms with E-state index in [9.17, 15) is 46.1 Å². The van der Waals surface area contributed by atoms with Crippen LogP contribution in [0.2, 0.25) is 0 Å². The number of fused-ring (bicyclic) bond motifs is 3. The van der Waals surface area contributed by atoms with E-state index in [0.29, 0.717) is 33.9 Å². The van der Waals surface area contributed by atoms with E-state index in [1.807, 2.05) is 0 Å². The van der Waals surface area contributed by atoms with E-state index < -0.39 is 72.0 Å². The van der Waals surface area contributed by atoms with Crippen LogP contribution in [0.3, 0.4) is 0 Å². The fourth-order valence-corrected chi connectivity index (χ4v) is 6.46. The van der Waals surface area contributed by atoms with E-state index in [1.165, 1.54) is 12.1 Å². The summed E-state index contributed by atoms with van der Waals surface area (Å²) in [5, 5.41) is 20.9. The number of amides is 2. The van der Waals surface area contributed by atoms with Gasteiger partial charge in [0.2, 0.25) is 11.8 Å². The van der Waals surface area contributed by atoms with Crippen molar-refractivity contribution >= 4 is 24.6 Å². The highest BCUT2D eigenvalue weighted by molar-refractivity contribution is 6.53. The molecule has 0 saturated carbocycles.